The molecule has 0 spiro atoms. The minimum Gasteiger partial charge on any atom is -0.481 e. The van der Waals surface area contributed by atoms with E-state index in [1.165, 1.54) is 4.88 Å². The number of amides is 3. The van der Waals surface area contributed by atoms with E-state index in [-0.39, 0.29) is 12.8 Å². The molecule has 1 aromatic rings. The number of aryl methyl sites for hydroxylation is 1. The van der Waals surface area contributed by atoms with E-state index >= 15 is 0 Å². The van der Waals surface area contributed by atoms with E-state index in [1.807, 2.05) is 12.1 Å². The van der Waals surface area contributed by atoms with Crippen LogP contribution in [0.4, 0.5) is 4.79 Å². The van der Waals surface area contributed by atoms with Gasteiger partial charge in [-0.05, 0) is 18.6 Å². The Labute approximate surface area is 114 Å². The highest BCUT2D eigenvalue weighted by atomic mass is 32.1. The zero-order valence-corrected chi connectivity index (χ0v) is 11.4. The van der Waals surface area contributed by atoms with Gasteiger partial charge in [-0.3, -0.25) is 14.9 Å². The maximum Gasteiger partial charge on any atom is 0.321 e. The second-order valence-corrected chi connectivity index (χ2v) is 5.10. The first-order valence-corrected chi connectivity index (χ1v) is 6.70. The van der Waals surface area contributed by atoms with Crippen molar-refractivity contribution in [3.63, 3.8) is 0 Å². The largest absolute Gasteiger partial charge is 0.481 e. The normalized spacial score (nSPS) is 9.95. The minimum absolute atomic E-state index is 0.207. The van der Waals surface area contributed by atoms with E-state index in [4.69, 9.17) is 5.11 Å². The number of thiophene rings is 1. The molecule has 0 radical (unpaired) electrons. The van der Waals surface area contributed by atoms with Crippen LogP contribution in [0.1, 0.15) is 29.5 Å². The molecule has 7 heteroatoms. The van der Waals surface area contributed by atoms with Crippen LogP contribution in [-0.2, 0) is 22.6 Å². The summed E-state index contributed by atoms with van der Waals surface area (Å²) >= 11 is 1.60. The smallest absolute Gasteiger partial charge is 0.321 e. The summed E-state index contributed by atoms with van der Waals surface area (Å²) in [5.41, 5.74) is 0. The zero-order valence-electron chi connectivity index (χ0n) is 10.6. The molecule has 0 aliphatic heterocycles. The van der Waals surface area contributed by atoms with Crippen molar-refractivity contribution in [2.75, 3.05) is 0 Å². The number of rotatable bonds is 6. The number of aliphatic carboxylic acids is 1. The van der Waals surface area contributed by atoms with Crippen LogP contribution in [0.15, 0.2) is 12.1 Å². The molecular formula is C12H16N2O4S. The Balaban J connectivity index is 2.27. The highest BCUT2D eigenvalue weighted by Crippen LogP contribution is 2.16. The lowest BCUT2D eigenvalue weighted by molar-refractivity contribution is -0.138. The van der Waals surface area contributed by atoms with Crippen molar-refractivity contribution in [2.24, 2.45) is 0 Å². The number of urea groups is 1. The number of nitrogens with one attached hydrogen (secondary N) is 2. The Morgan fingerprint density at radius 1 is 1.21 bits per heavy atom. The summed E-state index contributed by atoms with van der Waals surface area (Å²) < 4.78 is 0. The number of carboxylic acid groups (broad SMARTS) is 1. The third kappa shape index (κ3) is 6.01. The fraction of sp³-hybridized carbons (Fsp3) is 0.417. The molecule has 6 nitrogen and oxygen atoms in total. The van der Waals surface area contributed by atoms with E-state index in [0.717, 1.165) is 11.3 Å². The average Bonchev–Trinajstić information content (AvgIpc) is 2.82. The van der Waals surface area contributed by atoms with Crippen molar-refractivity contribution in [3.05, 3.63) is 21.9 Å². The molecule has 0 aliphatic rings. The third-order valence-electron chi connectivity index (χ3n) is 2.31. The first-order chi connectivity index (χ1) is 9.01. The topological polar surface area (TPSA) is 95.5 Å². The summed E-state index contributed by atoms with van der Waals surface area (Å²) in [6.45, 7) is 2.40. The first kappa shape index (κ1) is 15.2. The number of carbonyl (C=O) groups is 3. The van der Waals surface area contributed by atoms with Crippen LogP contribution in [0.25, 0.3) is 0 Å². The fourth-order valence-corrected chi connectivity index (χ4v) is 2.23. The van der Waals surface area contributed by atoms with Crippen LogP contribution in [0.3, 0.4) is 0 Å². The van der Waals surface area contributed by atoms with Crippen LogP contribution in [0, 0.1) is 0 Å². The van der Waals surface area contributed by atoms with Gasteiger partial charge in [-0.1, -0.05) is 6.92 Å². The lowest BCUT2D eigenvalue weighted by atomic mass is 10.3. The Hall–Kier alpha value is -1.89. The Morgan fingerprint density at radius 2 is 1.89 bits per heavy atom. The monoisotopic (exact) mass is 284 g/mol. The van der Waals surface area contributed by atoms with Gasteiger partial charge in [-0.25, -0.2) is 4.79 Å². The average molecular weight is 284 g/mol. The molecule has 3 amide bonds. The number of imide groups is 1. The SMILES string of the molecule is CCc1ccc(CNC(=O)NC(=O)CCC(=O)O)s1. The van der Waals surface area contributed by atoms with Gasteiger partial charge in [0.05, 0.1) is 13.0 Å². The van der Waals surface area contributed by atoms with Crippen molar-refractivity contribution < 1.29 is 19.5 Å². The molecule has 0 atom stereocenters. The number of carbonyl (C=O) groups excluding carboxylic acids is 2. The highest BCUT2D eigenvalue weighted by molar-refractivity contribution is 7.11. The van der Waals surface area contributed by atoms with Gasteiger partial charge in [0.15, 0.2) is 0 Å². The molecule has 1 aromatic heterocycles. The van der Waals surface area contributed by atoms with Gasteiger partial charge >= 0.3 is 12.0 Å². The van der Waals surface area contributed by atoms with Gasteiger partial charge in [0.25, 0.3) is 0 Å². The fourth-order valence-electron chi connectivity index (χ4n) is 1.33. The van der Waals surface area contributed by atoms with Crippen LogP contribution >= 0.6 is 11.3 Å². The van der Waals surface area contributed by atoms with Crippen LogP contribution in [0.5, 0.6) is 0 Å². The molecule has 0 bridgehead atoms. The van der Waals surface area contributed by atoms with Gasteiger partial charge in [-0.15, -0.1) is 11.3 Å². The molecule has 19 heavy (non-hydrogen) atoms. The van der Waals surface area contributed by atoms with Crippen LogP contribution < -0.4 is 10.6 Å². The summed E-state index contributed by atoms with van der Waals surface area (Å²) in [5.74, 6) is -1.67. The number of carboxylic acids is 1. The van der Waals surface area contributed by atoms with Crippen LogP contribution in [-0.4, -0.2) is 23.0 Å². The zero-order chi connectivity index (χ0) is 14.3. The Morgan fingerprint density at radius 3 is 2.47 bits per heavy atom. The summed E-state index contributed by atoms with van der Waals surface area (Å²) in [6, 6.07) is 3.31. The molecule has 1 heterocycles. The summed E-state index contributed by atoms with van der Waals surface area (Å²) in [4.78, 5) is 35.0. The maximum absolute atomic E-state index is 11.4. The molecule has 104 valence electrons. The molecule has 0 fully saturated rings. The molecule has 0 unspecified atom stereocenters. The molecule has 0 aliphatic carbocycles. The summed E-state index contributed by atoms with van der Waals surface area (Å²) in [5, 5.41) is 13.0. The lowest BCUT2D eigenvalue weighted by Gasteiger charge is -2.04. The van der Waals surface area contributed by atoms with Crippen molar-refractivity contribution in [1.29, 1.82) is 0 Å². The van der Waals surface area contributed by atoms with E-state index in [2.05, 4.69) is 17.6 Å². The second-order valence-electron chi connectivity index (χ2n) is 3.85. The van der Waals surface area contributed by atoms with Gasteiger partial charge in [0.1, 0.15) is 0 Å². The van der Waals surface area contributed by atoms with Gasteiger partial charge in [0, 0.05) is 16.2 Å². The predicted octanol–water partition coefficient (Wildman–Crippen LogP) is 1.50. The highest BCUT2D eigenvalue weighted by Gasteiger charge is 2.09. The van der Waals surface area contributed by atoms with Gasteiger partial charge < -0.3 is 10.4 Å². The molecule has 3 N–H and O–H groups in total. The van der Waals surface area contributed by atoms with Gasteiger partial charge in [0.2, 0.25) is 5.91 Å². The van der Waals surface area contributed by atoms with E-state index in [9.17, 15) is 14.4 Å². The maximum atomic E-state index is 11.4. The second kappa shape index (κ2) is 7.52. The molecule has 0 saturated heterocycles. The standard InChI is InChI=1S/C12H16N2O4S/c1-2-8-3-4-9(19-8)7-13-12(18)14-10(15)5-6-11(16)17/h3-4H,2,5-7H2,1H3,(H,16,17)(H2,13,14,15,18). The summed E-state index contributed by atoms with van der Waals surface area (Å²) in [6.07, 6.45) is 0.455. The van der Waals surface area contributed by atoms with E-state index in [1.54, 1.807) is 11.3 Å². The third-order valence-corrected chi connectivity index (χ3v) is 3.54. The van der Waals surface area contributed by atoms with Gasteiger partial charge in [-0.2, -0.15) is 0 Å². The Bertz CT molecular complexity index is 470. The number of hydrogen-bond acceptors (Lipinski definition) is 4. The Kier molecular flexibility index (Phi) is 6.01. The van der Waals surface area contributed by atoms with E-state index in [0.29, 0.717) is 6.54 Å². The minimum atomic E-state index is -1.07. The van der Waals surface area contributed by atoms with E-state index < -0.39 is 17.9 Å². The van der Waals surface area contributed by atoms with Crippen molar-refractivity contribution in [2.45, 2.75) is 32.7 Å². The molecular weight excluding hydrogens is 268 g/mol. The quantitative estimate of drug-likeness (QED) is 0.737. The predicted molar refractivity (Wildman–Crippen MR) is 70.9 cm³/mol. The molecule has 0 aromatic carbocycles. The van der Waals surface area contributed by atoms with Crippen molar-refractivity contribution >= 4 is 29.2 Å². The summed E-state index contributed by atoms with van der Waals surface area (Å²) in [7, 11) is 0. The van der Waals surface area contributed by atoms with Crippen LogP contribution in [0.2, 0.25) is 0 Å². The molecule has 1 rings (SSSR count). The number of hydrogen-bond donors (Lipinski definition) is 3. The molecule has 0 saturated carbocycles. The first-order valence-electron chi connectivity index (χ1n) is 5.88. The lowest BCUT2D eigenvalue weighted by Crippen LogP contribution is -2.39. The van der Waals surface area contributed by atoms with Crippen molar-refractivity contribution in [3.8, 4) is 0 Å². The van der Waals surface area contributed by atoms with Crippen molar-refractivity contribution in [1.82, 2.24) is 10.6 Å².